The minimum Gasteiger partial charge on any atom is -0.345 e. The van der Waals surface area contributed by atoms with E-state index in [2.05, 4.69) is 29.8 Å². The molecule has 0 unspecified atom stereocenters. The third kappa shape index (κ3) is 3.73. The molecule has 1 aromatic carbocycles. The largest absolute Gasteiger partial charge is 0.345 e. The van der Waals surface area contributed by atoms with Gasteiger partial charge in [0.2, 0.25) is 0 Å². The number of hydrogen-bond donors (Lipinski definition) is 1. The summed E-state index contributed by atoms with van der Waals surface area (Å²) in [7, 11) is 0. The number of nitrogens with one attached hydrogen (secondary N) is 1. The van der Waals surface area contributed by atoms with Crippen LogP contribution in [0, 0.1) is 13.8 Å². The summed E-state index contributed by atoms with van der Waals surface area (Å²) < 4.78 is 2.37. The van der Waals surface area contributed by atoms with Crippen LogP contribution in [0.25, 0.3) is 0 Å². The molecule has 1 aliphatic rings. The zero-order valence-electron chi connectivity index (χ0n) is 14.4. The van der Waals surface area contributed by atoms with E-state index in [1.165, 1.54) is 31.4 Å². The van der Waals surface area contributed by atoms with Crippen LogP contribution in [0.2, 0.25) is 5.02 Å². The lowest BCUT2D eigenvalue weighted by atomic mass is 10.1. The molecule has 1 aliphatic carbocycles. The van der Waals surface area contributed by atoms with Crippen LogP contribution in [0.15, 0.2) is 30.3 Å². The summed E-state index contributed by atoms with van der Waals surface area (Å²) in [5, 5.41) is 3.97. The van der Waals surface area contributed by atoms with E-state index in [-0.39, 0.29) is 5.78 Å². The van der Waals surface area contributed by atoms with Crippen LogP contribution in [0.5, 0.6) is 0 Å². The van der Waals surface area contributed by atoms with E-state index in [0.717, 1.165) is 21.8 Å². The highest BCUT2D eigenvalue weighted by Gasteiger charge is 2.23. The molecule has 0 amide bonds. The number of Topliss-reactive ketones (excluding diaryl/α,β-unsaturated/α-hetero) is 1. The van der Waals surface area contributed by atoms with Crippen molar-refractivity contribution in [2.45, 2.75) is 52.1 Å². The van der Waals surface area contributed by atoms with Gasteiger partial charge in [0, 0.05) is 34.6 Å². The predicted molar refractivity (Wildman–Crippen MR) is 98.9 cm³/mol. The molecule has 0 aliphatic heterocycles. The maximum absolute atomic E-state index is 12.6. The van der Waals surface area contributed by atoms with Crippen molar-refractivity contribution in [3.8, 4) is 0 Å². The molecule has 3 rings (SSSR count). The standard InChI is InChI=1S/C20H25ClN2O/c1-14-11-19(15(2)23(14)18-5-3-4-6-18)20(24)13-22-12-16-7-9-17(21)10-8-16/h7-11,18,22H,3-6,12-13H2,1-2H3. The first kappa shape index (κ1) is 17.2. The third-order valence-electron chi connectivity index (χ3n) is 5.00. The van der Waals surface area contributed by atoms with Gasteiger partial charge in [-0.25, -0.2) is 0 Å². The van der Waals surface area contributed by atoms with Crippen LogP contribution in [-0.4, -0.2) is 16.9 Å². The Morgan fingerprint density at radius 2 is 1.88 bits per heavy atom. The Kier molecular flexibility index (Phi) is 5.42. The van der Waals surface area contributed by atoms with Gasteiger partial charge in [0.1, 0.15) is 0 Å². The Bertz CT molecular complexity index is 712. The number of carbonyl (C=O) groups is 1. The molecule has 0 saturated heterocycles. The van der Waals surface area contributed by atoms with Crippen molar-refractivity contribution in [2.75, 3.05) is 6.54 Å². The number of aryl methyl sites for hydroxylation is 1. The Hall–Kier alpha value is -1.58. The number of benzene rings is 1. The summed E-state index contributed by atoms with van der Waals surface area (Å²) in [6.07, 6.45) is 5.07. The number of nitrogens with zero attached hydrogens (tertiary/aromatic N) is 1. The van der Waals surface area contributed by atoms with Crippen molar-refractivity contribution in [1.82, 2.24) is 9.88 Å². The fourth-order valence-corrected chi connectivity index (χ4v) is 3.93. The van der Waals surface area contributed by atoms with Gasteiger partial charge in [-0.2, -0.15) is 0 Å². The number of aromatic nitrogens is 1. The molecule has 4 heteroatoms. The molecular weight excluding hydrogens is 320 g/mol. The molecule has 1 N–H and O–H groups in total. The summed E-state index contributed by atoms with van der Waals surface area (Å²) in [6.45, 7) is 5.23. The third-order valence-corrected chi connectivity index (χ3v) is 5.25. The monoisotopic (exact) mass is 344 g/mol. The second kappa shape index (κ2) is 7.54. The first-order valence-corrected chi connectivity index (χ1v) is 9.11. The van der Waals surface area contributed by atoms with E-state index in [4.69, 9.17) is 11.6 Å². The molecule has 1 fully saturated rings. The van der Waals surface area contributed by atoms with Gasteiger partial charge in [0.15, 0.2) is 5.78 Å². The normalized spacial score (nSPS) is 15.1. The minimum absolute atomic E-state index is 0.168. The van der Waals surface area contributed by atoms with Crippen LogP contribution in [0.4, 0.5) is 0 Å². The molecule has 0 spiro atoms. The van der Waals surface area contributed by atoms with Gasteiger partial charge in [0.25, 0.3) is 0 Å². The van der Waals surface area contributed by atoms with E-state index < -0.39 is 0 Å². The Balaban J connectivity index is 1.62. The van der Waals surface area contributed by atoms with Crippen molar-refractivity contribution in [2.24, 2.45) is 0 Å². The SMILES string of the molecule is Cc1cc(C(=O)CNCc2ccc(Cl)cc2)c(C)n1C1CCCC1. The zero-order valence-corrected chi connectivity index (χ0v) is 15.2. The van der Waals surface area contributed by atoms with Crippen molar-refractivity contribution in [3.63, 3.8) is 0 Å². The molecule has 1 saturated carbocycles. The van der Waals surface area contributed by atoms with Crippen LogP contribution >= 0.6 is 11.6 Å². The van der Waals surface area contributed by atoms with E-state index >= 15 is 0 Å². The van der Waals surface area contributed by atoms with Crippen LogP contribution < -0.4 is 5.32 Å². The number of carbonyl (C=O) groups excluding carboxylic acids is 1. The molecule has 24 heavy (non-hydrogen) atoms. The molecule has 2 aromatic rings. The van der Waals surface area contributed by atoms with Crippen LogP contribution in [0.1, 0.15) is 59.0 Å². The van der Waals surface area contributed by atoms with Crippen molar-refractivity contribution < 1.29 is 4.79 Å². The smallest absolute Gasteiger partial charge is 0.178 e. The van der Waals surface area contributed by atoms with E-state index in [0.29, 0.717) is 19.1 Å². The number of hydrogen-bond acceptors (Lipinski definition) is 2. The van der Waals surface area contributed by atoms with Crippen molar-refractivity contribution in [3.05, 3.63) is 57.9 Å². The number of ketones is 1. The molecule has 1 aromatic heterocycles. The predicted octanol–water partition coefficient (Wildman–Crippen LogP) is 4.85. The van der Waals surface area contributed by atoms with Gasteiger partial charge >= 0.3 is 0 Å². The van der Waals surface area contributed by atoms with Crippen molar-refractivity contribution in [1.29, 1.82) is 0 Å². The molecule has 0 radical (unpaired) electrons. The van der Waals surface area contributed by atoms with Gasteiger partial charge in [-0.15, -0.1) is 0 Å². The first-order valence-electron chi connectivity index (χ1n) is 8.73. The highest BCUT2D eigenvalue weighted by molar-refractivity contribution is 6.30. The van der Waals surface area contributed by atoms with Gasteiger partial charge < -0.3 is 9.88 Å². The first-order chi connectivity index (χ1) is 11.6. The maximum Gasteiger partial charge on any atom is 0.178 e. The summed E-state index contributed by atoms with van der Waals surface area (Å²) in [4.78, 5) is 12.6. The molecule has 1 heterocycles. The van der Waals surface area contributed by atoms with Crippen molar-refractivity contribution >= 4 is 17.4 Å². The maximum atomic E-state index is 12.6. The Morgan fingerprint density at radius 3 is 2.54 bits per heavy atom. The van der Waals surface area contributed by atoms with Gasteiger partial charge in [-0.1, -0.05) is 36.6 Å². The zero-order chi connectivity index (χ0) is 17.1. The van der Waals surface area contributed by atoms with E-state index in [1.54, 1.807) is 0 Å². The summed E-state index contributed by atoms with van der Waals surface area (Å²) >= 11 is 5.89. The van der Waals surface area contributed by atoms with Gasteiger partial charge in [-0.3, -0.25) is 4.79 Å². The number of rotatable bonds is 6. The number of halogens is 1. The van der Waals surface area contributed by atoms with Crippen LogP contribution in [0.3, 0.4) is 0 Å². The lowest BCUT2D eigenvalue weighted by Crippen LogP contribution is -2.23. The minimum atomic E-state index is 0.168. The lowest BCUT2D eigenvalue weighted by molar-refractivity contribution is 0.0990. The summed E-state index contributed by atoms with van der Waals surface area (Å²) in [6, 6.07) is 10.3. The Morgan fingerprint density at radius 1 is 1.21 bits per heavy atom. The summed E-state index contributed by atoms with van der Waals surface area (Å²) in [5.74, 6) is 0.168. The fraction of sp³-hybridized carbons (Fsp3) is 0.450. The summed E-state index contributed by atoms with van der Waals surface area (Å²) in [5.41, 5.74) is 4.32. The van der Waals surface area contributed by atoms with E-state index in [1.807, 2.05) is 24.3 Å². The lowest BCUT2D eigenvalue weighted by Gasteiger charge is -2.17. The molecule has 0 bridgehead atoms. The highest BCUT2D eigenvalue weighted by atomic mass is 35.5. The molecule has 128 valence electrons. The quantitative estimate of drug-likeness (QED) is 0.760. The molecule has 0 atom stereocenters. The topological polar surface area (TPSA) is 34.0 Å². The molecule has 3 nitrogen and oxygen atoms in total. The average molecular weight is 345 g/mol. The average Bonchev–Trinajstić information content (AvgIpc) is 3.17. The van der Waals surface area contributed by atoms with Crippen LogP contribution in [-0.2, 0) is 6.54 Å². The van der Waals surface area contributed by atoms with Gasteiger partial charge in [0.05, 0.1) is 6.54 Å². The highest BCUT2D eigenvalue weighted by Crippen LogP contribution is 2.33. The fourth-order valence-electron chi connectivity index (χ4n) is 3.80. The second-order valence-corrected chi connectivity index (χ2v) is 7.18. The molecular formula is C20H25ClN2O. The Labute approximate surface area is 149 Å². The second-order valence-electron chi connectivity index (χ2n) is 6.75. The van der Waals surface area contributed by atoms with E-state index in [9.17, 15) is 4.79 Å². The van der Waals surface area contributed by atoms with Gasteiger partial charge in [-0.05, 0) is 50.5 Å².